The van der Waals surface area contributed by atoms with Gasteiger partial charge in [-0.25, -0.2) is 0 Å². The van der Waals surface area contributed by atoms with Crippen molar-refractivity contribution in [1.29, 1.82) is 0 Å². The largest absolute Gasteiger partial charge is 0.692 e. The van der Waals surface area contributed by atoms with E-state index in [1.807, 2.05) is 25.1 Å². The van der Waals surface area contributed by atoms with Crippen molar-refractivity contribution in [3.63, 3.8) is 0 Å². The molecular weight excluding hydrogens is 272 g/mol. The van der Waals surface area contributed by atoms with Crippen LogP contribution >= 0.6 is 0 Å². The first-order chi connectivity index (χ1) is 9.99. The van der Waals surface area contributed by atoms with Gasteiger partial charge < -0.3 is 5.21 Å². The average Bonchev–Trinajstić information content (AvgIpc) is 2.74. The number of hydrogen-bond acceptors (Lipinski definition) is 4. The van der Waals surface area contributed by atoms with Gasteiger partial charge in [0.25, 0.3) is 11.2 Å². The molecule has 3 rings (SSSR count). The maximum Gasteiger partial charge on any atom is 0.276 e. The summed E-state index contributed by atoms with van der Waals surface area (Å²) in [6.07, 6.45) is 0. The number of nitro benzene ring substituents is 1. The van der Waals surface area contributed by atoms with Crippen molar-refractivity contribution >= 4 is 16.7 Å². The van der Waals surface area contributed by atoms with Crippen molar-refractivity contribution in [3.8, 4) is 5.69 Å². The number of hydrogen-bond donors (Lipinski definition) is 0. The fourth-order valence-corrected chi connectivity index (χ4v) is 2.28. The maximum atomic E-state index is 12.4. The van der Waals surface area contributed by atoms with Crippen molar-refractivity contribution in [2.45, 2.75) is 13.8 Å². The Morgan fingerprint density at radius 1 is 1.19 bits per heavy atom. The Morgan fingerprint density at radius 2 is 1.90 bits per heavy atom. The van der Waals surface area contributed by atoms with Crippen molar-refractivity contribution < 1.29 is 9.77 Å². The van der Waals surface area contributed by atoms with E-state index in [0.29, 0.717) is 21.6 Å². The minimum absolute atomic E-state index is 0.0866. The van der Waals surface area contributed by atoms with E-state index in [4.69, 9.17) is 0 Å². The predicted octanol–water partition coefficient (Wildman–Crippen LogP) is 2.18. The molecule has 106 valence electrons. The van der Waals surface area contributed by atoms with Crippen molar-refractivity contribution in [2.75, 3.05) is 0 Å². The predicted molar refractivity (Wildman–Crippen MR) is 76.2 cm³/mol. The Labute approximate surface area is 119 Å². The Kier molecular flexibility index (Phi) is 2.83. The molecule has 0 unspecified atom stereocenters. The van der Waals surface area contributed by atoms with Gasteiger partial charge in [-0.15, -0.1) is 4.85 Å². The average molecular weight is 284 g/mol. The van der Waals surface area contributed by atoms with Crippen LogP contribution in [-0.4, -0.2) is 14.8 Å². The van der Waals surface area contributed by atoms with E-state index in [1.165, 1.54) is 10.9 Å². The van der Waals surface area contributed by atoms with Gasteiger partial charge in [-0.1, -0.05) is 18.2 Å². The van der Waals surface area contributed by atoms with Gasteiger partial charge in [0.05, 0.1) is 16.1 Å². The molecule has 0 bridgehead atoms. The molecule has 7 nitrogen and oxygen atoms in total. The highest BCUT2D eigenvalue weighted by Crippen LogP contribution is 2.23. The number of aromatic nitrogens is 3. The summed E-state index contributed by atoms with van der Waals surface area (Å²) in [5, 5.41) is 27.6. The first kappa shape index (κ1) is 13.0. The van der Waals surface area contributed by atoms with E-state index in [2.05, 4.69) is 5.10 Å². The van der Waals surface area contributed by atoms with E-state index in [9.17, 15) is 15.3 Å². The highest BCUT2D eigenvalue weighted by molar-refractivity contribution is 5.76. The van der Waals surface area contributed by atoms with E-state index in [0.717, 1.165) is 5.56 Å². The zero-order valence-electron chi connectivity index (χ0n) is 11.5. The molecule has 0 saturated carbocycles. The van der Waals surface area contributed by atoms with Gasteiger partial charge in [0.2, 0.25) is 5.52 Å². The zero-order chi connectivity index (χ0) is 15.1. The first-order valence-electron chi connectivity index (χ1n) is 6.32. The van der Waals surface area contributed by atoms with Crippen LogP contribution in [0.25, 0.3) is 16.7 Å². The summed E-state index contributed by atoms with van der Waals surface area (Å²) < 4.78 is 0. The summed E-state index contributed by atoms with van der Waals surface area (Å²) in [4.78, 5) is 12.3. The van der Waals surface area contributed by atoms with Crippen LogP contribution < -0.4 is 4.85 Å². The Hall–Kier alpha value is -2.96. The van der Waals surface area contributed by atoms with Gasteiger partial charge in [0, 0.05) is 11.6 Å². The van der Waals surface area contributed by atoms with Gasteiger partial charge in [0.1, 0.15) is 5.69 Å². The molecule has 0 saturated heterocycles. The Balaban J connectivity index is 2.30. The molecule has 21 heavy (non-hydrogen) atoms. The fraction of sp³-hybridized carbons (Fsp3) is 0.143. The lowest BCUT2D eigenvalue weighted by atomic mass is 10.2. The van der Waals surface area contributed by atoms with Gasteiger partial charge in [-0.2, -0.15) is 0 Å². The number of rotatable bonds is 2. The van der Waals surface area contributed by atoms with E-state index < -0.39 is 4.92 Å². The van der Waals surface area contributed by atoms with Gasteiger partial charge in [-0.3, -0.25) is 10.1 Å². The molecule has 0 amide bonds. The molecule has 1 heterocycles. The van der Waals surface area contributed by atoms with Crippen LogP contribution in [0.2, 0.25) is 0 Å². The van der Waals surface area contributed by atoms with Crippen LogP contribution in [0.4, 0.5) is 5.69 Å². The monoisotopic (exact) mass is 284 g/mol. The molecule has 0 aliphatic heterocycles. The van der Waals surface area contributed by atoms with Crippen LogP contribution in [0, 0.1) is 29.2 Å². The summed E-state index contributed by atoms with van der Waals surface area (Å²) in [6.45, 7) is 3.49. The van der Waals surface area contributed by atoms with Crippen LogP contribution in [-0.2, 0) is 0 Å². The number of benzene rings is 2. The van der Waals surface area contributed by atoms with Crippen LogP contribution in [0.3, 0.4) is 0 Å². The topological polar surface area (TPSA) is 87.9 Å². The normalized spacial score (nSPS) is 11.0. The molecular formula is C14H12N4O3. The molecule has 0 fully saturated rings. The number of fused-ring (bicyclic) bond motifs is 1. The maximum absolute atomic E-state index is 12.4. The molecule has 7 heteroatoms. The lowest BCUT2D eigenvalue weighted by Crippen LogP contribution is -2.37. The molecule has 0 atom stereocenters. The third-order valence-corrected chi connectivity index (χ3v) is 3.40. The summed E-state index contributed by atoms with van der Waals surface area (Å²) in [7, 11) is 0. The van der Waals surface area contributed by atoms with Gasteiger partial charge >= 0.3 is 0 Å². The summed E-state index contributed by atoms with van der Waals surface area (Å²) in [6, 6.07) is 10.1. The smallest absolute Gasteiger partial charge is 0.276 e. The molecule has 0 aliphatic rings. The standard InChI is InChI=1S/C14H12N4O3/c1-9-5-3-4-6-12(9)16-15-11-7-10(2)13(18(20)21)8-14(11)17(16)19/h3-8H,1-2H3. The first-order valence-corrected chi connectivity index (χ1v) is 6.32. The van der Waals surface area contributed by atoms with Gasteiger partial charge in [-0.05, 0) is 30.3 Å². The Bertz CT molecular complexity index is 870. The van der Waals surface area contributed by atoms with Crippen molar-refractivity contribution in [2.24, 2.45) is 0 Å². The van der Waals surface area contributed by atoms with Crippen LogP contribution in [0.1, 0.15) is 11.1 Å². The lowest BCUT2D eigenvalue weighted by molar-refractivity contribution is -0.664. The minimum atomic E-state index is -0.500. The molecule has 3 aromatic rings. The van der Waals surface area contributed by atoms with Crippen LogP contribution in [0.15, 0.2) is 36.4 Å². The molecule has 0 N–H and O–H groups in total. The van der Waals surface area contributed by atoms with Crippen molar-refractivity contribution in [1.82, 2.24) is 9.90 Å². The fourth-order valence-electron chi connectivity index (χ4n) is 2.28. The second kappa shape index (κ2) is 4.55. The molecule has 1 aromatic heterocycles. The summed E-state index contributed by atoms with van der Waals surface area (Å²) >= 11 is 0. The van der Waals surface area contributed by atoms with Gasteiger partial charge in [0.15, 0.2) is 0 Å². The Morgan fingerprint density at radius 3 is 2.57 bits per heavy atom. The molecule has 0 radical (unpaired) electrons. The molecule has 0 aliphatic carbocycles. The highest BCUT2D eigenvalue weighted by atomic mass is 16.6. The number of nitro groups is 1. The number of nitrogens with zero attached hydrogens (tertiary/aromatic N) is 4. The highest BCUT2D eigenvalue weighted by Gasteiger charge is 2.22. The SMILES string of the molecule is Cc1ccccc1-n1nc2cc(C)c([N+](=O)[O-])cc2[n+]1[O-]. The lowest BCUT2D eigenvalue weighted by Gasteiger charge is -2.05. The zero-order valence-corrected chi connectivity index (χ0v) is 11.5. The van der Waals surface area contributed by atoms with E-state index >= 15 is 0 Å². The molecule has 2 aromatic carbocycles. The third-order valence-electron chi connectivity index (χ3n) is 3.40. The summed E-state index contributed by atoms with van der Waals surface area (Å²) in [5.41, 5.74) is 2.52. The third kappa shape index (κ3) is 1.99. The van der Waals surface area contributed by atoms with E-state index in [-0.39, 0.29) is 11.2 Å². The summed E-state index contributed by atoms with van der Waals surface area (Å²) in [5.74, 6) is 0. The quantitative estimate of drug-likeness (QED) is 0.312. The van der Waals surface area contributed by atoms with Crippen LogP contribution in [0.5, 0.6) is 0 Å². The second-order valence-corrected chi connectivity index (χ2v) is 4.83. The number of para-hydroxylation sites is 1. The van der Waals surface area contributed by atoms with E-state index in [1.54, 1.807) is 19.1 Å². The van der Waals surface area contributed by atoms with Crippen molar-refractivity contribution in [3.05, 3.63) is 62.8 Å². The molecule has 0 spiro atoms. The number of aryl methyl sites for hydroxylation is 2. The minimum Gasteiger partial charge on any atom is -0.692 e. The second-order valence-electron chi connectivity index (χ2n) is 4.83.